The van der Waals surface area contributed by atoms with E-state index in [4.69, 9.17) is 4.74 Å². The van der Waals surface area contributed by atoms with Crippen LogP contribution in [0, 0.1) is 5.82 Å². The van der Waals surface area contributed by atoms with Gasteiger partial charge in [0, 0.05) is 37.6 Å². The lowest BCUT2D eigenvalue weighted by molar-refractivity contribution is 0.242. The largest absolute Gasteiger partial charge is 0.497 e. The Labute approximate surface area is 157 Å². The summed E-state index contributed by atoms with van der Waals surface area (Å²) >= 11 is 0. The molecular weight excluding hydrogens is 345 g/mol. The zero-order valence-corrected chi connectivity index (χ0v) is 15.3. The van der Waals surface area contributed by atoms with Crippen LogP contribution in [0.25, 0.3) is 5.69 Å². The van der Waals surface area contributed by atoms with Crippen LogP contribution in [0.3, 0.4) is 0 Å². The molecule has 1 aliphatic heterocycles. The number of methoxy groups -OCH3 is 1. The van der Waals surface area contributed by atoms with Gasteiger partial charge >= 0.3 is 0 Å². The second-order valence-electron chi connectivity index (χ2n) is 6.55. The molecule has 0 bridgehead atoms. The van der Waals surface area contributed by atoms with Crippen LogP contribution < -0.4 is 9.64 Å². The summed E-state index contributed by atoms with van der Waals surface area (Å²) < 4.78 is 20.3. The zero-order chi connectivity index (χ0) is 18.6. The summed E-state index contributed by atoms with van der Waals surface area (Å²) in [7, 11) is 1.66. The number of ether oxygens (including phenoxy) is 1. The van der Waals surface area contributed by atoms with Crippen molar-refractivity contribution >= 4 is 5.69 Å². The molecule has 0 aliphatic carbocycles. The second kappa shape index (κ2) is 7.75. The lowest BCUT2D eigenvalue weighted by Crippen LogP contribution is -2.46. The minimum Gasteiger partial charge on any atom is -0.497 e. The van der Waals surface area contributed by atoms with E-state index >= 15 is 0 Å². The highest BCUT2D eigenvalue weighted by Crippen LogP contribution is 2.19. The molecule has 1 aliphatic rings. The Kier molecular flexibility index (Phi) is 5.02. The van der Waals surface area contributed by atoms with E-state index in [1.807, 2.05) is 41.0 Å². The molecule has 4 rings (SSSR count). The van der Waals surface area contributed by atoms with Gasteiger partial charge in [-0.25, -0.2) is 4.39 Å². The molecule has 2 aromatic carbocycles. The topological polar surface area (TPSA) is 46.4 Å². The molecule has 3 aromatic rings. The summed E-state index contributed by atoms with van der Waals surface area (Å²) in [6.45, 7) is 4.40. The van der Waals surface area contributed by atoms with Crippen LogP contribution in [-0.2, 0) is 6.54 Å². The standard InChI is InChI=1S/C20H22FN5O/c1-27-19-8-6-18(7-9-19)26-15-22-23-20(26)14-24-10-12-25(13-11-24)17-4-2-16(21)3-5-17/h2-9,15H,10-14H2,1H3. The van der Waals surface area contributed by atoms with Crippen molar-refractivity contribution in [2.45, 2.75) is 6.54 Å². The van der Waals surface area contributed by atoms with E-state index in [0.29, 0.717) is 0 Å². The number of benzene rings is 2. The van der Waals surface area contributed by atoms with Gasteiger partial charge in [0.2, 0.25) is 0 Å². The first-order chi connectivity index (χ1) is 13.2. The molecule has 1 fully saturated rings. The van der Waals surface area contributed by atoms with Crippen LogP contribution in [0.4, 0.5) is 10.1 Å². The zero-order valence-electron chi connectivity index (χ0n) is 15.3. The fourth-order valence-electron chi connectivity index (χ4n) is 3.34. The average molecular weight is 367 g/mol. The molecular formula is C20H22FN5O. The van der Waals surface area contributed by atoms with Gasteiger partial charge in [0.1, 0.15) is 17.9 Å². The van der Waals surface area contributed by atoms with Crippen LogP contribution in [0.15, 0.2) is 54.9 Å². The molecule has 6 nitrogen and oxygen atoms in total. The second-order valence-corrected chi connectivity index (χ2v) is 6.55. The highest BCUT2D eigenvalue weighted by atomic mass is 19.1. The Balaban J connectivity index is 1.39. The third kappa shape index (κ3) is 3.93. The van der Waals surface area contributed by atoms with Gasteiger partial charge < -0.3 is 9.64 Å². The summed E-state index contributed by atoms with van der Waals surface area (Å²) in [5.74, 6) is 1.54. The summed E-state index contributed by atoms with van der Waals surface area (Å²) in [4.78, 5) is 4.65. The van der Waals surface area contributed by atoms with Crippen molar-refractivity contribution in [2.75, 3.05) is 38.2 Å². The number of hydrogen-bond acceptors (Lipinski definition) is 5. The Hall–Kier alpha value is -2.93. The van der Waals surface area contributed by atoms with Crippen LogP contribution in [0.5, 0.6) is 5.75 Å². The number of aromatic nitrogens is 3. The van der Waals surface area contributed by atoms with E-state index in [1.165, 1.54) is 12.1 Å². The highest BCUT2D eigenvalue weighted by Gasteiger charge is 2.19. The van der Waals surface area contributed by atoms with E-state index < -0.39 is 0 Å². The summed E-state index contributed by atoms with van der Waals surface area (Å²) in [6, 6.07) is 14.6. The van der Waals surface area contributed by atoms with Crippen molar-refractivity contribution in [1.82, 2.24) is 19.7 Å². The number of anilines is 1. The van der Waals surface area contributed by atoms with Crippen molar-refractivity contribution in [1.29, 1.82) is 0 Å². The van der Waals surface area contributed by atoms with E-state index in [9.17, 15) is 4.39 Å². The number of nitrogens with zero attached hydrogens (tertiary/aromatic N) is 5. The molecule has 1 saturated heterocycles. The molecule has 7 heteroatoms. The first-order valence-electron chi connectivity index (χ1n) is 8.99. The van der Waals surface area contributed by atoms with Gasteiger partial charge in [-0.3, -0.25) is 9.47 Å². The predicted octanol–water partition coefficient (Wildman–Crippen LogP) is 2.74. The maximum absolute atomic E-state index is 13.1. The fraction of sp³-hybridized carbons (Fsp3) is 0.300. The molecule has 1 aromatic heterocycles. The lowest BCUT2D eigenvalue weighted by atomic mass is 10.2. The molecule has 0 saturated carbocycles. The smallest absolute Gasteiger partial charge is 0.151 e. The number of hydrogen-bond donors (Lipinski definition) is 0. The van der Waals surface area contributed by atoms with Gasteiger partial charge in [-0.15, -0.1) is 10.2 Å². The van der Waals surface area contributed by atoms with Crippen molar-refractivity contribution in [3.05, 3.63) is 66.5 Å². The minimum atomic E-state index is -0.199. The van der Waals surface area contributed by atoms with E-state index in [1.54, 1.807) is 13.4 Å². The van der Waals surface area contributed by atoms with Crippen molar-refractivity contribution in [3.63, 3.8) is 0 Å². The van der Waals surface area contributed by atoms with Gasteiger partial charge in [-0.2, -0.15) is 0 Å². The van der Waals surface area contributed by atoms with Crippen molar-refractivity contribution in [2.24, 2.45) is 0 Å². The van der Waals surface area contributed by atoms with E-state index in [-0.39, 0.29) is 5.82 Å². The van der Waals surface area contributed by atoms with Gasteiger partial charge in [0.05, 0.1) is 13.7 Å². The summed E-state index contributed by atoms with van der Waals surface area (Å²) in [5.41, 5.74) is 2.08. The first-order valence-corrected chi connectivity index (χ1v) is 8.99. The molecule has 0 spiro atoms. The highest BCUT2D eigenvalue weighted by molar-refractivity contribution is 5.46. The monoisotopic (exact) mass is 367 g/mol. The van der Waals surface area contributed by atoms with Crippen LogP contribution >= 0.6 is 0 Å². The van der Waals surface area contributed by atoms with Gasteiger partial charge in [-0.05, 0) is 48.5 Å². The van der Waals surface area contributed by atoms with Crippen molar-refractivity contribution in [3.8, 4) is 11.4 Å². The minimum absolute atomic E-state index is 0.199. The maximum atomic E-state index is 13.1. The average Bonchev–Trinajstić information content (AvgIpc) is 3.17. The Morgan fingerprint density at radius 2 is 1.59 bits per heavy atom. The van der Waals surface area contributed by atoms with E-state index in [0.717, 1.165) is 55.7 Å². The maximum Gasteiger partial charge on any atom is 0.151 e. The molecule has 0 unspecified atom stereocenters. The van der Waals surface area contributed by atoms with E-state index in [2.05, 4.69) is 20.0 Å². The summed E-state index contributed by atoms with van der Waals surface area (Å²) in [5, 5.41) is 8.39. The molecule has 0 N–H and O–H groups in total. The third-order valence-corrected chi connectivity index (χ3v) is 4.90. The predicted molar refractivity (Wildman–Crippen MR) is 102 cm³/mol. The Morgan fingerprint density at radius 1 is 0.926 bits per heavy atom. The Bertz CT molecular complexity index is 870. The quantitative estimate of drug-likeness (QED) is 0.694. The number of rotatable bonds is 5. The molecule has 0 radical (unpaired) electrons. The number of halogens is 1. The van der Waals surface area contributed by atoms with Crippen LogP contribution in [-0.4, -0.2) is 53.0 Å². The van der Waals surface area contributed by atoms with Crippen molar-refractivity contribution < 1.29 is 9.13 Å². The molecule has 2 heterocycles. The molecule has 27 heavy (non-hydrogen) atoms. The molecule has 0 amide bonds. The molecule has 140 valence electrons. The van der Waals surface area contributed by atoms with Crippen LogP contribution in [0.1, 0.15) is 5.82 Å². The number of piperazine rings is 1. The SMILES string of the molecule is COc1ccc(-n2cnnc2CN2CCN(c3ccc(F)cc3)CC2)cc1. The normalized spacial score (nSPS) is 15.1. The van der Waals surface area contributed by atoms with Gasteiger partial charge in [0.25, 0.3) is 0 Å². The third-order valence-electron chi connectivity index (χ3n) is 4.90. The molecule has 0 atom stereocenters. The Morgan fingerprint density at radius 3 is 2.26 bits per heavy atom. The van der Waals surface area contributed by atoms with Gasteiger partial charge in [-0.1, -0.05) is 0 Å². The van der Waals surface area contributed by atoms with Crippen LogP contribution in [0.2, 0.25) is 0 Å². The first kappa shape index (κ1) is 17.5. The lowest BCUT2D eigenvalue weighted by Gasteiger charge is -2.35. The van der Waals surface area contributed by atoms with Gasteiger partial charge in [0.15, 0.2) is 5.82 Å². The summed E-state index contributed by atoms with van der Waals surface area (Å²) in [6.07, 6.45) is 1.74. The fourth-order valence-corrected chi connectivity index (χ4v) is 3.34.